The van der Waals surface area contributed by atoms with Gasteiger partial charge in [-0.25, -0.2) is 0 Å². The van der Waals surface area contributed by atoms with Gasteiger partial charge in [0.05, 0.1) is 12.2 Å². The van der Waals surface area contributed by atoms with E-state index in [1.807, 2.05) is 57.2 Å². The lowest BCUT2D eigenvalue weighted by Crippen LogP contribution is -2.33. The van der Waals surface area contributed by atoms with Gasteiger partial charge in [-0.3, -0.25) is 4.79 Å². The third kappa shape index (κ3) is 5.88. The largest absolute Gasteiger partial charge is 0.491 e. The lowest BCUT2D eigenvalue weighted by atomic mass is 9.97. The van der Waals surface area contributed by atoms with Crippen LogP contribution in [0.5, 0.6) is 5.75 Å². The molecule has 0 heterocycles. The van der Waals surface area contributed by atoms with Crippen molar-refractivity contribution in [2.75, 3.05) is 6.54 Å². The minimum absolute atomic E-state index is 0.0490. The molecule has 26 heavy (non-hydrogen) atoms. The molecule has 2 aromatic rings. The molecular weight excluding hydrogens is 326 g/mol. The zero-order valence-corrected chi connectivity index (χ0v) is 16.0. The molecule has 2 N–H and O–H groups in total. The number of hydrogen-bond acceptors (Lipinski definition) is 3. The number of carbonyl (C=O) groups is 1. The first-order valence-electron chi connectivity index (χ1n) is 9.13. The molecule has 0 saturated carbocycles. The lowest BCUT2D eigenvalue weighted by molar-refractivity contribution is -0.124. The summed E-state index contributed by atoms with van der Waals surface area (Å²) in [4.78, 5) is 12.3. The molecule has 0 aliphatic rings. The average Bonchev–Trinajstić information content (AvgIpc) is 2.61. The van der Waals surface area contributed by atoms with Crippen LogP contribution in [0.25, 0.3) is 0 Å². The molecule has 2 aromatic carbocycles. The highest BCUT2D eigenvalue weighted by molar-refractivity contribution is 5.78. The topological polar surface area (TPSA) is 58.6 Å². The van der Waals surface area contributed by atoms with Gasteiger partial charge in [0.25, 0.3) is 0 Å². The van der Waals surface area contributed by atoms with Gasteiger partial charge in [0.1, 0.15) is 5.75 Å². The van der Waals surface area contributed by atoms with Gasteiger partial charge in [0.2, 0.25) is 5.91 Å². The minimum Gasteiger partial charge on any atom is -0.491 e. The van der Waals surface area contributed by atoms with Crippen molar-refractivity contribution in [3.63, 3.8) is 0 Å². The summed E-state index contributed by atoms with van der Waals surface area (Å²) in [5.74, 6) is 0.573. The second-order valence-corrected chi connectivity index (χ2v) is 7.03. The Morgan fingerprint density at radius 3 is 2.35 bits per heavy atom. The van der Waals surface area contributed by atoms with E-state index < -0.39 is 6.10 Å². The molecular formula is C22H29NO3. The van der Waals surface area contributed by atoms with Gasteiger partial charge in [0, 0.05) is 12.5 Å². The Morgan fingerprint density at radius 1 is 1.08 bits per heavy atom. The highest BCUT2D eigenvalue weighted by Crippen LogP contribution is 2.19. The van der Waals surface area contributed by atoms with Gasteiger partial charge in [-0.15, -0.1) is 0 Å². The van der Waals surface area contributed by atoms with E-state index in [1.54, 1.807) is 0 Å². The predicted molar refractivity (Wildman–Crippen MR) is 104 cm³/mol. The Hall–Kier alpha value is -2.33. The van der Waals surface area contributed by atoms with Crippen LogP contribution in [0, 0.1) is 12.8 Å². The second-order valence-electron chi connectivity index (χ2n) is 7.03. The Kier molecular flexibility index (Phi) is 7.22. The molecule has 2 unspecified atom stereocenters. The number of amides is 1. The molecule has 0 spiro atoms. The van der Waals surface area contributed by atoms with Gasteiger partial charge in [-0.2, -0.15) is 0 Å². The van der Waals surface area contributed by atoms with Gasteiger partial charge < -0.3 is 15.2 Å². The third-order valence-electron chi connectivity index (χ3n) is 4.34. The normalized spacial score (nSPS) is 13.3. The Morgan fingerprint density at radius 2 is 1.73 bits per heavy atom. The van der Waals surface area contributed by atoms with E-state index in [2.05, 4.69) is 24.4 Å². The Balaban J connectivity index is 1.85. The van der Waals surface area contributed by atoms with Crippen molar-refractivity contribution >= 4 is 5.91 Å². The van der Waals surface area contributed by atoms with Crippen molar-refractivity contribution in [1.29, 1.82) is 0 Å². The van der Waals surface area contributed by atoms with Crippen LogP contribution in [0.1, 0.15) is 43.6 Å². The minimum atomic E-state index is -0.738. The fraction of sp³-hybridized carbons (Fsp3) is 0.409. The number of nitrogens with one attached hydrogen (secondary N) is 1. The number of aryl methyl sites for hydroxylation is 1. The highest BCUT2D eigenvalue weighted by Gasteiger charge is 2.16. The van der Waals surface area contributed by atoms with Crippen molar-refractivity contribution in [1.82, 2.24) is 5.32 Å². The van der Waals surface area contributed by atoms with Gasteiger partial charge >= 0.3 is 0 Å². The van der Waals surface area contributed by atoms with Crippen molar-refractivity contribution in [3.8, 4) is 5.75 Å². The van der Waals surface area contributed by atoms with Crippen LogP contribution in [0.3, 0.4) is 0 Å². The van der Waals surface area contributed by atoms with Crippen LogP contribution in [0.4, 0.5) is 0 Å². The predicted octanol–water partition coefficient (Wildman–Crippen LogP) is 3.81. The van der Waals surface area contributed by atoms with E-state index in [0.717, 1.165) is 11.3 Å². The first-order chi connectivity index (χ1) is 12.4. The number of carbonyl (C=O) groups excluding carboxylic acids is 1. The number of aliphatic hydroxyl groups is 1. The van der Waals surface area contributed by atoms with Crippen LogP contribution < -0.4 is 10.1 Å². The monoisotopic (exact) mass is 355 g/mol. The molecule has 0 aliphatic heterocycles. The van der Waals surface area contributed by atoms with Gasteiger partial charge in [-0.1, -0.05) is 43.3 Å². The maximum absolute atomic E-state index is 12.3. The van der Waals surface area contributed by atoms with E-state index in [-0.39, 0.29) is 24.5 Å². The molecule has 0 fully saturated rings. The molecule has 140 valence electrons. The summed E-state index contributed by atoms with van der Waals surface area (Å²) >= 11 is 0. The zero-order valence-electron chi connectivity index (χ0n) is 16.0. The van der Waals surface area contributed by atoms with Crippen molar-refractivity contribution in [2.24, 2.45) is 5.92 Å². The van der Waals surface area contributed by atoms with Gasteiger partial charge in [0.15, 0.2) is 0 Å². The van der Waals surface area contributed by atoms with E-state index in [4.69, 9.17) is 4.74 Å². The maximum Gasteiger partial charge on any atom is 0.223 e. The summed E-state index contributed by atoms with van der Waals surface area (Å²) in [5.41, 5.74) is 3.13. The second kappa shape index (κ2) is 9.39. The summed E-state index contributed by atoms with van der Waals surface area (Å²) in [7, 11) is 0. The molecule has 0 aliphatic carbocycles. The third-order valence-corrected chi connectivity index (χ3v) is 4.34. The van der Waals surface area contributed by atoms with Crippen LogP contribution in [-0.4, -0.2) is 23.7 Å². The molecule has 0 aromatic heterocycles. The standard InChI is InChI=1S/C22H29NO3/c1-15(2)26-20-11-9-18(10-12-20)21(24)14-23-22(25)17(4)13-19-8-6-5-7-16(19)3/h5-12,15,17,21,24H,13-14H2,1-4H3,(H,23,25). The first-order valence-corrected chi connectivity index (χ1v) is 9.13. The molecule has 2 rings (SSSR count). The summed E-state index contributed by atoms with van der Waals surface area (Å²) in [6, 6.07) is 15.4. The SMILES string of the molecule is Cc1ccccc1CC(C)C(=O)NCC(O)c1ccc(OC(C)C)cc1. The fourth-order valence-corrected chi connectivity index (χ4v) is 2.79. The van der Waals surface area contributed by atoms with E-state index in [0.29, 0.717) is 6.42 Å². The Bertz CT molecular complexity index is 710. The summed E-state index contributed by atoms with van der Waals surface area (Å²) in [6.07, 6.45) is 0.0630. The molecule has 1 amide bonds. The van der Waals surface area contributed by atoms with E-state index in [1.165, 1.54) is 11.1 Å². The van der Waals surface area contributed by atoms with Crippen molar-refractivity contribution < 1.29 is 14.6 Å². The van der Waals surface area contributed by atoms with Crippen LogP contribution in [0.2, 0.25) is 0 Å². The number of benzene rings is 2. The van der Waals surface area contributed by atoms with E-state index in [9.17, 15) is 9.90 Å². The molecule has 2 atom stereocenters. The maximum atomic E-state index is 12.3. The summed E-state index contributed by atoms with van der Waals surface area (Å²) in [6.45, 7) is 8.09. The number of ether oxygens (including phenoxy) is 1. The number of rotatable bonds is 8. The smallest absolute Gasteiger partial charge is 0.223 e. The summed E-state index contributed by atoms with van der Waals surface area (Å²) in [5, 5.41) is 13.1. The average molecular weight is 355 g/mol. The summed E-state index contributed by atoms with van der Waals surface area (Å²) < 4.78 is 5.59. The van der Waals surface area contributed by atoms with Crippen molar-refractivity contribution in [2.45, 2.75) is 46.3 Å². The van der Waals surface area contributed by atoms with Crippen LogP contribution in [-0.2, 0) is 11.2 Å². The molecule has 0 radical (unpaired) electrons. The Labute approximate surface area is 156 Å². The molecule has 0 bridgehead atoms. The molecule has 4 heteroatoms. The molecule has 4 nitrogen and oxygen atoms in total. The number of hydrogen-bond donors (Lipinski definition) is 2. The first kappa shape index (κ1) is 20.0. The van der Waals surface area contributed by atoms with Crippen molar-refractivity contribution in [3.05, 3.63) is 65.2 Å². The van der Waals surface area contributed by atoms with Crippen LogP contribution in [0.15, 0.2) is 48.5 Å². The lowest BCUT2D eigenvalue weighted by Gasteiger charge is -2.17. The quantitative estimate of drug-likeness (QED) is 0.757. The highest BCUT2D eigenvalue weighted by atomic mass is 16.5. The number of aliphatic hydroxyl groups excluding tert-OH is 1. The van der Waals surface area contributed by atoms with Gasteiger partial charge in [-0.05, 0) is 56.0 Å². The fourth-order valence-electron chi connectivity index (χ4n) is 2.79. The molecule has 0 saturated heterocycles. The van der Waals surface area contributed by atoms with Crippen LogP contribution >= 0.6 is 0 Å². The van der Waals surface area contributed by atoms with E-state index >= 15 is 0 Å². The zero-order chi connectivity index (χ0) is 19.1.